The molecule has 0 spiro atoms. The summed E-state index contributed by atoms with van der Waals surface area (Å²) in [5.74, 6) is 2.33. The van der Waals surface area contributed by atoms with Crippen molar-refractivity contribution in [3.05, 3.63) is 59.9 Å². The zero-order valence-electron chi connectivity index (χ0n) is 15.3. The van der Waals surface area contributed by atoms with Crippen molar-refractivity contribution in [1.29, 1.82) is 0 Å². The smallest absolute Gasteiger partial charge is 0.412 e. The molecule has 1 N–H and O–H groups in total. The van der Waals surface area contributed by atoms with Crippen molar-refractivity contribution in [2.24, 2.45) is 0 Å². The highest BCUT2D eigenvalue weighted by atomic mass is 19.1. The zero-order valence-corrected chi connectivity index (χ0v) is 15.3. The Balaban J connectivity index is 2.09. The topological polar surface area (TPSA) is 41.6 Å². The van der Waals surface area contributed by atoms with E-state index in [9.17, 15) is 9.18 Å². The number of nitrogens with zero attached hydrogens (tertiary/aromatic N) is 1. The first-order valence-corrected chi connectivity index (χ1v) is 8.30. The number of benzene rings is 2. The van der Waals surface area contributed by atoms with E-state index in [1.807, 2.05) is 17.0 Å². The summed E-state index contributed by atoms with van der Waals surface area (Å²) in [5.41, 5.74) is 1.45. The minimum absolute atomic E-state index is 0.266. The van der Waals surface area contributed by atoms with Crippen LogP contribution in [0.2, 0.25) is 0 Å². The number of terminal acetylenes is 1. The van der Waals surface area contributed by atoms with Gasteiger partial charge < -0.3 is 9.64 Å². The van der Waals surface area contributed by atoms with Crippen LogP contribution in [0.15, 0.2) is 48.5 Å². The second kappa shape index (κ2) is 8.39. The molecule has 0 bridgehead atoms. The second-order valence-electron chi connectivity index (χ2n) is 6.83. The van der Waals surface area contributed by atoms with Crippen molar-refractivity contribution in [2.45, 2.75) is 32.9 Å². The molecule has 0 heterocycles. The van der Waals surface area contributed by atoms with Crippen molar-refractivity contribution >= 4 is 17.5 Å². The van der Waals surface area contributed by atoms with Crippen molar-refractivity contribution in [1.82, 2.24) is 0 Å². The van der Waals surface area contributed by atoms with Crippen molar-refractivity contribution in [3.8, 4) is 12.3 Å². The minimum Gasteiger partial charge on any atom is -0.444 e. The van der Waals surface area contributed by atoms with Crippen LogP contribution in [0.3, 0.4) is 0 Å². The van der Waals surface area contributed by atoms with Gasteiger partial charge in [-0.2, -0.15) is 0 Å². The first kappa shape index (κ1) is 19.3. The molecule has 0 aliphatic rings. The lowest BCUT2D eigenvalue weighted by Gasteiger charge is -2.23. The van der Waals surface area contributed by atoms with E-state index < -0.39 is 11.7 Å². The molecule has 0 saturated heterocycles. The Morgan fingerprint density at radius 3 is 2.42 bits per heavy atom. The lowest BCUT2D eigenvalue weighted by molar-refractivity contribution is 0.0636. The lowest BCUT2D eigenvalue weighted by atomic mass is 10.1. The molecule has 0 fully saturated rings. The highest BCUT2D eigenvalue weighted by molar-refractivity contribution is 5.85. The maximum atomic E-state index is 13.9. The average Bonchev–Trinajstić information content (AvgIpc) is 2.55. The Kier molecular flexibility index (Phi) is 6.24. The van der Waals surface area contributed by atoms with Crippen LogP contribution in [-0.2, 0) is 11.3 Å². The molecule has 0 atom stereocenters. The number of amides is 1. The van der Waals surface area contributed by atoms with E-state index in [1.54, 1.807) is 51.1 Å². The van der Waals surface area contributed by atoms with Crippen LogP contribution >= 0.6 is 0 Å². The van der Waals surface area contributed by atoms with E-state index >= 15 is 0 Å². The van der Waals surface area contributed by atoms with Gasteiger partial charge in [0.25, 0.3) is 0 Å². The first-order valence-electron chi connectivity index (χ1n) is 8.30. The van der Waals surface area contributed by atoms with Crippen LogP contribution in [0.1, 0.15) is 26.3 Å². The van der Waals surface area contributed by atoms with Gasteiger partial charge in [0.1, 0.15) is 11.4 Å². The number of ether oxygens (including phenoxy) is 1. The summed E-state index contributed by atoms with van der Waals surface area (Å²) in [6.45, 7) is 6.10. The Labute approximate surface area is 154 Å². The third kappa shape index (κ3) is 5.82. The summed E-state index contributed by atoms with van der Waals surface area (Å²) < 4.78 is 19.1. The SMILES string of the molecule is C#CCN(Cc1ccccc1F)c1ccc(NC(=O)OC(C)(C)C)cc1. The molecule has 0 aromatic heterocycles. The number of halogens is 1. The van der Waals surface area contributed by atoms with Crippen LogP contribution < -0.4 is 10.2 Å². The summed E-state index contributed by atoms with van der Waals surface area (Å²) in [5, 5.41) is 2.68. The van der Waals surface area contributed by atoms with E-state index in [-0.39, 0.29) is 5.82 Å². The molecular formula is C21H23FN2O2. The van der Waals surface area contributed by atoms with Gasteiger partial charge in [0.05, 0.1) is 6.54 Å². The predicted octanol–water partition coefficient (Wildman–Crippen LogP) is 4.81. The van der Waals surface area contributed by atoms with Crippen LogP contribution in [0.25, 0.3) is 0 Å². The monoisotopic (exact) mass is 354 g/mol. The maximum Gasteiger partial charge on any atom is 0.412 e. The Bertz CT molecular complexity index is 789. The van der Waals surface area contributed by atoms with Gasteiger partial charge in [-0.3, -0.25) is 5.32 Å². The molecule has 2 aromatic rings. The molecule has 2 aromatic carbocycles. The number of anilines is 2. The minimum atomic E-state index is -0.562. The molecular weight excluding hydrogens is 331 g/mol. The zero-order chi connectivity index (χ0) is 19.2. The van der Waals surface area contributed by atoms with Gasteiger partial charge in [-0.15, -0.1) is 6.42 Å². The molecule has 5 heteroatoms. The van der Waals surface area contributed by atoms with Gasteiger partial charge in [0, 0.05) is 23.5 Å². The Hall–Kier alpha value is -3.00. The number of carbonyl (C=O) groups is 1. The molecule has 0 aliphatic carbocycles. The summed E-state index contributed by atoms with van der Waals surface area (Å²) in [6.07, 6.45) is 4.94. The fraction of sp³-hybridized carbons (Fsp3) is 0.286. The molecule has 2 rings (SSSR count). The largest absolute Gasteiger partial charge is 0.444 e. The summed E-state index contributed by atoms with van der Waals surface area (Å²) in [7, 11) is 0. The molecule has 0 unspecified atom stereocenters. The summed E-state index contributed by atoms with van der Waals surface area (Å²) >= 11 is 0. The van der Waals surface area contributed by atoms with Crippen molar-refractivity contribution < 1.29 is 13.9 Å². The normalized spacial score (nSPS) is 10.7. The molecule has 0 radical (unpaired) electrons. The lowest BCUT2D eigenvalue weighted by Crippen LogP contribution is -2.27. The molecule has 0 saturated carbocycles. The van der Waals surface area contributed by atoms with Crippen molar-refractivity contribution in [2.75, 3.05) is 16.8 Å². The maximum absolute atomic E-state index is 13.9. The third-order valence-electron chi connectivity index (χ3n) is 3.48. The number of hydrogen-bond donors (Lipinski definition) is 1. The van der Waals surface area contributed by atoms with Gasteiger partial charge in [0.2, 0.25) is 0 Å². The number of rotatable bonds is 5. The first-order chi connectivity index (χ1) is 12.3. The van der Waals surface area contributed by atoms with Gasteiger partial charge in [0.15, 0.2) is 0 Å². The second-order valence-corrected chi connectivity index (χ2v) is 6.83. The van der Waals surface area contributed by atoms with Gasteiger partial charge >= 0.3 is 6.09 Å². The molecule has 4 nitrogen and oxygen atoms in total. The fourth-order valence-electron chi connectivity index (χ4n) is 2.36. The number of nitrogens with one attached hydrogen (secondary N) is 1. The Morgan fingerprint density at radius 2 is 1.85 bits per heavy atom. The highest BCUT2D eigenvalue weighted by Crippen LogP contribution is 2.21. The number of carbonyl (C=O) groups excluding carboxylic acids is 1. The summed E-state index contributed by atoms with van der Waals surface area (Å²) in [6, 6.07) is 13.8. The van der Waals surface area contributed by atoms with E-state index in [0.29, 0.717) is 24.3 Å². The van der Waals surface area contributed by atoms with Crippen LogP contribution in [0.4, 0.5) is 20.6 Å². The van der Waals surface area contributed by atoms with Crippen LogP contribution in [0, 0.1) is 18.2 Å². The molecule has 1 amide bonds. The Morgan fingerprint density at radius 1 is 1.19 bits per heavy atom. The van der Waals surface area contributed by atoms with E-state index in [2.05, 4.69) is 11.2 Å². The van der Waals surface area contributed by atoms with E-state index in [1.165, 1.54) is 6.07 Å². The molecule has 26 heavy (non-hydrogen) atoms. The van der Waals surface area contributed by atoms with E-state index in [0.717, 1.165) is 5.69 Å². The molecule has 136 valence electrons. The molecule has 0 aliphatic heterocycles. The van der Waals surface area contributed by atoms with Gasteiger partial charge in [-0.1, -0.05) is 24.1 Å². The van der Waals surface area contributed by atoms with Crippen LogP contribution in [-0.4, -0.2) is 18.2 Å². The van der Waals surface area contributed by atoms with Gasteiger partial charge in [-0.25, -0.2) is 9.18 Å². The highest BCUT2D eigenvalue weighted by Gasteiger charge is 2.16. The fourth-order valence-corrected chi connectivity index (χ4v) is 2.36. The number of hydrogen-bond acceptors (Lipinski definition) is 3. The third-order valence-corrected chi connectivity index (χ3v) is 3.48. The standard InChI is InChI=1S/C21H23FN2O2/c1-5-14-24(15-16-8-6-7-9-19(16)22)18-12-10-17(11-13-18)23-20(25)26-21(2,3)4/h1,6-13H,14-15H2,2-4H3,(H,23,25). The summed E-state index contributed by atoms with van der Waals surface area (Å²) in [4.78, 5) is 13.7. The van der Waals surface area contributed by atoms with Crippen LogP contribution in [0.5, 0.6) is 0 Å². The average molecular weight is 354 g/mol. The quantitative estimate of drug-likeness (QED) is 0.783. The predicted molar refractivity (Wildman–Crippen MR) is 103 cm³/mol. The van der Waals surface area contributed by atoms with E-state index in [4.69, 9.17) is 11.2 Å². The van der Waals surface area contributed by atoms with Gasteiger partial charge in [-0.05, 0) is 51.1 Å². The van der Waals surface area contributed by atoms with Crippen molar-refractivity contribution in [3.63, 3.8) is 0 Å².